The molecule has 2 rings (SSSR count). The number of carbonyl (C=O) groups is 2. The lowest BCUT2D eigenvalue weighted by atomic mass is 10.1. The molecule has 0 fully saturated rings. The Balaban J connectivity index is 2.18. The quantitative estimate of drug-likeness (QED) is 0.412. The number of nitrogens with one attached hydrogen (secondary N) is 1. The standard InChI is InChI=1S/C21H19BrN2O4/c1-13-5-4-6-18(14(13)2)24-21(26)16(11-23)9-15-7-8-19(17(22)10-15)28-12-20(25)27-3/h4-10H,12H2,1-3H3,(H,24,26)/b16-9+. The van der Waals surface area contributed by atoms with Crippen LogP contribution >= 0.6 is 15.9 Å². The molecule has 0 saturated carbocycles. The second kappa shape index (κ2) is 9.72. The number of carbonyl (C=O) groups excluding carboxylic acids is 2. The number of hydrogen-bond acceptors (Lipinski definition) is 5. The number of nitriles is 1. The summed E-state index contributed by atoms with van der Waals surface area (Å²) in [6.07, 6.45) is 1.48. The average molecular weight is 443 g/mol. The molecule has 0 aromatic heterocycles. The molecule has 0 spiro atoms. The number of aryl methyl sites for hydroxylation is 1. The Morgan fingerprint density at radius 1 is 1.25 bits per heavy atom. The van der Waals surface area contributed by atoms with Gasteiger partial charge in [0.1, 0.15) is 17.4 Å². The van der Waals surface area contributed by atoms with Crippen LogP contribution in [0.2, 0.25) is 0 Å². The monoisotopic (exact) mass is 442 g/mol. The van der Waals surface area contributed by atoms with E-state index < -0.39 is 11.9 Å². The van der Waals surface area contributed by atoms with E-state index in [1.54, 1.807) is 24.3 Å². The first-order valence-electron chi connectivity index (χ1n) is 8.34. The Morgan fingerprint density at radius 3 is 2.64 bits per heavy atom. The smallest absolute Gasteiger partial charge is 0.343 e. The van der Waals surface area contributed by atoms with Gasteiger partial charge in [-0.25, -0.2) is 4.79 Å². The zero-order valence-electron chi connectivity index (χ0n) is 15.7. The van der Waals surface area contributed by atoms with Crippen LogP contribution < -0.4 is 10.1 Å². The summed E-state index contributed by atoms with van der Waals surface area (Å²) in [6.45, 7) is 3.64. The number of nitrogens with zero attached hydrogens (tertiary/aromatic N) is 1. The van der Waals surface area contributed by atoms with E-state index in [4.69, 9.17) is 4.74 Å². The van der Waals surface area contributed by atoms with Crippen molar-refractivity contribution in [2.75, 3.05) is 19.0 Å². The molecule has 1 N–H and O–H groups in total. The van der Waals surface area contributed by atoms with Crippen molar-refractivity contribution >= 4 is 39.6 Å². The van der Waals surface area contributed by atoms with Crippen LogP contribution in [0.5, 0.6) is 5.75 Å². The van der Waals surface area contributed by atoms with Gasteiger partial charge in [-0.1, -0.05) is 18.2 Å². The predicted molar refractivity (Wildman–Crippen MR) is 110 cm³/mol. The van der Waals surface area contributed by atoms with Crippen LogP contribution in [0.1, 0.15) is 16.7 Å². The number of halogens is 1. The first-order chi connectivity index (χ1) is 13.3. The number of methoxy groups -OCH3 is 1. The van der Waals surface area contributed by atoms with Gasteiger partial charge in [0.25, 0.3) is 5.91 Å². The minimum Gasteiger partial charge on any atom is -0.481 e. The molecule has 0 bridgehead atoms. The summed E-state index contributed by atoms with van der Waals surface area (Å²) in [7, 11) is 1.28. The van der Waals surface area contributed by atoms with Crippen molar-refractivity contribution in [1.82, 2.24) is 0 Å². The third-order valence-corrected chi connectivity index (χ3v) is 4.68. The van der Waals surface area contributed by atoms with Crippen molar-refractivity contribution in [3.8, 4) is 11.8 Å². The van der Waals surface area contributed by atoms with E-state index in [-0.39, 0.29) is 12.2 Å². The van der Waals surface area contributed by atoms with Gasteiger partial charge in [-0.2, -0.15) is 5.26 Å². The largest absolute Gasteiger partial charge is 0.481 e. The van der Waals surface area contributed by atoms with Crippen molar-refractivity contribution in [2.24, 2.45) is 0 Å². The van der Waals surface area contributed by atoms with Crippen molar-refractivity contribution in [1.29, 1.82) is 5.26 Å². The van der Waals surface area contributed by atoms with Crippen molar-refractivity contribution < 1.29 is 19.1 Å². The van der Waals surface area contributed by atoms with Crippen LogP contribution in [0.15, 0.2) is 46.4 Å². The van der Waals surface area contributed by atoms with Gasteiger partial charge in [0.05, 0.1) is 11.6 Å². The highest BCUT2D eigenvalue weighted by atomic mass is 79.9. The van der Waals surface area contributed by atoms with E-state index in [0.717, 1.165) is 11.1 Å². The van der Waals surface area contributed by atoms with Crippen LogP contribution in [0.4, 0.5) is 5.69 Å². The summed E-state index contributed by atoms with van der Waals surface area (Å²) in [4.78, 5) is 23.6. The molecule has 0 unspecified atom stereocenters. The van der Waals surface area contributed by atoms with E-state index in [1.165, 1.54) is 13.2 Å². The van der Waals surface area contributed by atoms with Gasteiger partial charge in [-0.15, -0.1) is 0 Å². The van der Waals surface area contributed by atoms with Gasteiger partial charge >= 0.3 is 5.97 Å². The fraction of sp³-hybridized carbons (Fsp3) is 0.190. The van der Waals surface area contributed by atoms with Gasteiger partial charge in [0.2, 0.25) is 0 Å². The summed E-state index contributed by atoms with van der Waals surface area (Å²) in [5, 5.41) is 12.2. The van der Waals surface area contributed by atoms with E-state index in [1.807, 2.05) is 32.0 Å². The van der Waals surface area contributed by atoms with E-state index in [9.17, 15) is 14.9 Å². The fourth-order valence-electron chi connectivity index (χ4n) is 2.31. The maximum Gasteiger partial charge on any atom is 0.343 e. The lowest BCUT2D eigenvalue weighted by Crippen LogP contribution is -2.14. The Labute approximate surface area is 171 Å². The molecule has 0 atom stereocenters. The normalized spacial score (nSPS) is 10.8. The number of esters is 1. The second-order valence-electron chi connectivity index (χ2n) is 5.93. The van der Waals surface area contributed by atoms with E-state index >= 15 is 0 Å². The molecular weight excluding hydrogens is 424 g/mol. The zero-order valence-corrected chi connectivity index (χ0v) is 17.3. The van der Waals surface area contributed by atoms with Crippen LogP contribution in [0.3, 0.4) is 0 Å². The Kier molecular flexibility index (Phi) is 7.36. The van der Waals surface area contributed by atoms with Gasteiger partial charge in [0.15, 0.2) is 6.61 Å². The molecule has 0 radical (unpaired) electrons. The maximum absolute atomic E-state index is 12.5. The molecule has 7 heteroatoms. The summed E-state index contributed by atoms with van der Waals surface area (Å²) in [5.41, 5.74) is 3.26. The number of hydrogen-bond donors (Lipinski definition) is 1. The zero-order chi connectivity index (χ0) is 20.7. The number of rotatable bonds is 6. The molecule has 2 aromatic carbocycles. The predicted octanol–water partition coefficient (Wildman–Crippen LogP) is 4.16. The fourth-order valence-corrected chi connectivity index (χ4v) is 2.82. The second-order valence-corrected chi connectivity index (χ2v) is 6.78. The lowest BCUT2D eigenvalue weighted by Gasteiger charge is -2.10. The molecule has 0 aliphatic heterocycles. The summed E-state index contributed by atoms with van der Waals surface area (Å²) < 4.78 is 10.4. The molecule has 144 valence electrons. The first kappa shape index (κ1) is 21.2. The molecule has 0 saturated heterocycles. The minimum absolute atomic E-state index is 0.0314. The molecule has 2 aromatic rings. The average Bonchev–Trinajstić information content (AvgIpc) is 2.68. The third-order valence-electron chi connectivity index (χ3n) is 4.06. The van der Waals surface area contributed by atoms with Crippen molar-refractivity contribution in [3.05, 3.63) is 63.1 Å². The highest BCUT2D eigenvalue weighted by Crippen LogP contribution is 2.27. The molecule has 0 heterocycles. The summed E-state index contributed by atoms with van der Waals surface area (Å²) in [5.74, 6) is -0.537. The topological polar surface area (TPSA) is 88.4 Å². The Morgan fingerprint density at radius 2 is 2.00 bits per heavy atom. The Hall–Kier alpha value is -3.11. The molecule has 1 amide bonds. The molecule has 6 nitrogen and oxygen atoms in total. The first-order valence-corrected chi connectivity index (χ1v) is 9.13. The van der Waals surface area contributed by atoms with E-state index in [2.05, 4.69) is 26.0 Å². The number of benzene rings is 2. The minimum atomic E-state index is -0.495. The molecular formula is C21H19BrN2O4. The summed E-state index contributed by atoms with van der Waals surface area (Å²) >= 11 is 3.35. The molecule has 0 aliphatic rings. The summed E-state index contributed by atoms with van der Waals surface area (Å²) in [6, 6.07) is 12.5. The number of ether oxygens (including phenoxy) is 2. The SMILES string of the molecule is COC(=O)COc1ccc(/C=C(\C#N)C(=O)Nc2cccc(C)c2C)cc1Br. The van der Waals surface area contributed by atoms with Crippen LogP contribution in [-0.2, 0) is 14.3 Å². The highest BCUT2D eigenvalue weighted by Gasteiger charge is 2.12. The van der Waals surface area contributed by atoms with Crippen molar-refractivity contribution in [2.45, 2.75) is 13.8 Å². The van der Waals surface area contributed by atoms with Gasteiger partial charge in [-0.05, 0) is 70.7 Å². The van der Waals surface area contributed by atoms with Crippen LogP contribution in [0, 0.1) is 25.2 Å². The van der Waals surface area contributed by atoms with E-state index in [0.29, 0.717) is 21.5 Å². The Bertz CT molecular complexity index is 977. The number of anilines is 1. The van der Waals surface area contributed by atoms with Crippen molar-refractivity contribution in [3.63, 3.8) is 0 Å². The molecule has 0 aliphatic carbocycles. The van der Waals surface area contributed by atoms with Gasteiger partial charge < -0.3 is 14.8 Å². The van der Waals surface area contributed by atoms with Crippen LogP contribution in [-0.4, -0.2) is 25.6 Å². The number of amides is 1. The van der Waals surface area contributed by atoms with Gasteiger partial charge in [-0.3, -0.25) is 4.79 Å². The third kappa shape index (κ3) is 5.44. The van der Waals surface area contributed by atoms with Gasteiger partial charge in [0, 0.05) is 5.69 Å². The maximum atomic E-state index is 12.5. The lowest BCUT2D eigenvalue weighted by molar-refractivity contribution is -0.142. The molecule has 28 heavy (non-hydrogen) atoms. The highest BCUT2D eigenvalue weighted by molar-refractivity contribution is 9.10. The van der Waals surface area contributed by atoms with Crippen LogP contribution in [0.25, 0.3) is 6.08 Å².